The van der Waals surface area contributed by atoms with Crippen LogP contribution >= 0.6 is 0 Å². The molecule has 1 unspecified atom stereocenters. The van der Waals surface area contributed by atoms with E-state index >= 15 is 0 Å². The quantitative estimate of drug-likeness (QED) is 0.895. The van der Waals surface area contributed by atoms with Gasteiger partial charge in [-0.1, -0.05) is 17.7 Å². The first-order valence-electron chi connectivity index (χ1n) is 7.55. The molecule has 2 aromatic rings. The van der Waals surface area contributed by atoms with Crippen LogP contribution < -0.4 is 20.7 Å². The Morgan fingerprint density at radius 3 is 2.71 bits per heavy atom. The van der Waals surface area contributed by atoms with Crippen molar-refractivity contribution >= 4 is 29.1 Å². The fourth-order valence-electron chi connectivity index (χ4n) is 2.43. The number of anilines is 3. The van der Waals surface area contributed by atoms with Crippen molar-refractivity contribution in [1.82, 2.24) is 4.98 Å². The van der Waals surface area contributed by atoms with Crippen molar-refractivity contribution in [3.8, 4) is 5.75 Å². The molecule has 0 saturated carbocycles. The molecule has 2 heterocycles. The van der Waals surface area contributed by atoms with Crippen LogP contribution in [0, 0.1) is 6.92 Å². The van der Waals surface area contributed by atoms with E-state index in [4.69, 9.17) is 10.5 Å². The Morgan fingerprint density at radius 2 is 2.00 bits per heavy atom. The first kappa shape index (κ1) is 15.8. The van der Waals surface area contributed by atoms with E-state index in [-0.39, 0.29) is 30.0 Å². The summed E-state index contributed by atoms with van der Waals surface area (Å²) in [6.45, 7) is 3.43. The third kappa shape index (κ3) is 3.15. The Morgan fingerprint density at radius 1 is 1.29 bits per heavy atom. The van der Waals surface area contributed by atoms with Crippen LogP contribution in [0.1, 0.15) is 12.5 Å². The van der Waals surface area contributed by atoms with Crippen molar-refractivity contribution in [2.24, 2.45) is 0 Å². The predicted octanol–water partition coefficient (Wildman–Crippen LogP) is 1.72. The Kier molecular flexibility index (Phi) is 4.07. The minimum atomic E-state index is -0.685. The highest BCUT2D eigenvalue weighted by Crippen LogP contribution is 2.32. The lowest BCUT2D eigenvalue weighted by molar-refractivity contribution is -0.127. The van der Waals surface area contributed by atoms with E-state index in [0.29, 0.717) is 11.4 Å². The van der Waals surface area contributed by atoms with Gasteiger partial charge in [0.25, 0.3) is 5.91 Å². The number of carbonyl (C=O) groups is 2. The molecule has 7 nitrogen and oxygen atoms in total. The largest absolute Gasteiger partial charge is 0.477 e. The third-order valence-corrected chi connectivity index (χ3v) is 3.67. The number of nitrogen functional groups attached to an aromatic ring is 1. The van der Waals surface area contributed by atoms with Crippen LogP contribution in [-0.2, 0) is 9.59 Å². The van der Waals surface area contributed by atoms with Gasteiger partial charge < -0.3 is 15.8 Å². The number of ether oxygens (including phenoxy) is 1. The van der Waals surface area contributed by atoms with Crippen molar-refractivity contribution in [2.45, 2.75) is 20.0 Å². The summed E-state index contributed by atoms with van der Waals surface area (Å²) in [5.74, 6) is 0.288. The first-order valence-corrected chi connectivity index (χ1v) is 7.55. The van der Waals surface area contributed by atoms with E-state index in [1.54, 1.807) is 31.2 Å². The van der Waals surface area contributed by atoms with Gasteiger partial charge in [-0.15, -0.1) is 0 Å². The van der Waals surface area contributed by atoms with E-state index in [1.165, 1.54) is 4.90 Å². The summed E-state index contributed by atoms with van der Waals surface area (Å²) in [4.78, 5) is 30.1. The van der Waals surface area contributed by atoms with Gasteiger partial charge in [-0.05, 0) is 38.1 Å². The molecular formula is C17H18N4O3. The number of hydrogen-bond donors (Lipinski definition) is 2. The van der Waals surface area contributed by atoms with Crippen LogP contribution in [0.3, 0.4) is 0 Å². The first-order chi connectivity index (χ1) is 11.4. The molecule has 24 heavy (non-hydrogen) atoms. The standard InChI is InChI=1S/C17H18N4O3/c1-10-3-5-12(6-4-10)19-15(22)9-21-16-13(7-8-14(18)20-16)24-11(2)17(21)23/h3-8,11H,9H2,1-2H3,(H2,18,20)(H,19,22). The maximum atomic E-state index is 12.4. The van der Waals surface area contributed by atoms with Crippen molar-refractivity contribution < 1.29 is 14.3 Å². The Bertz CT molecular complexity index is 789. The molecule has 0 saturated heterocycles. The fraction of sp³-hybridized carbons (Fsp3) is 0.235. The monoisotopic (exact) mass is 326 g/mol. The molecule has 3 rings (SSSR count). The SMILES string of the molecule is Cc1ccc(NC(=O)CN2C(=O)C(C)Oc3ccc(N)nc32)cc1. The summed E-state index contributed by atoms with van der Waals surface area (Å²) < 4.78 is 5.50. The van der Waals surface area contributed by atoms with Gasteiger partial charge in [-0.25, -0.2) is 4.98 Å². The zero-order chi connectivity index (χ0) is 17.3. The average molecular weight is 326 g/mol. The normalized spacial score (nSPS) is 16.3. The molecule has 124 valence electrons. The van der Waals surface area contributed by atoms with Crippen LogP contribution in [0.25, 0.3) is 0 Å². The molecule has 0 fully saturated rings. The molecule has 0 bridgehead atoms. The van der Waals surface area contributed by atoms with Crippen molar-refractivity contribution in [3.05, 3.63) is 42.0 Å². The average Bonchev–Trinajstić information content (AvgIpc) is 2.55. The minimum Gasteiger partial charge on any atom is -0.477 e. The van der Waals surface area contributed by atoms with Crippen LogP contribution in [0.4, 0.5) is 17.3 Å². The van der Waals surface area contributed by atoms with Gasteiger partial charge in [0.2, 0.25) is 5.91 Å². The summed E-state index contributed by atoms with van der Waals surface area (Å²) in [6, 6.07) is 10.6. The summed E-state index contributed by atoms with van der Waals surface area (Å²) in [6.07, 6.45) is -0.685. The van der Waals surface area contributed by atoms with Crippen LogP contribution in [0.2, 0.25) is 0 Å². The molecule has 1 atom stereocenters. The van der Waals surface area contributed by atoms with Gasteiger partial charge in [-0.3, -0.25) is 14.5 Å². The number of carbonyl (C=O) groups excluding carboxylic acids is 2. The smallest absolute Gasteiger partial charge is 0.269 e. The highest BCUT2D eigenvalue weighted by molar-refractivity contribution is 6.05. The number of aryl methyl sites for hydroxylation is 1. The lowest BCUT2D eigenvalue weighted by Crippen LogP contribution is -2.48. The highest BCUT2D eigenvalue weighted by Gasteiger charge is 2.34. The zero-order valence-electron chi connectivity index (χ0n) is 13.4. The molecule has 1 aromatic heterocycles. The molecule has 3 N–H and O–H groups in total. The summed E-state index contributed by atoms with van der Waals surface area (Å²) >= 11 is 0. The molecule has 1 aliphatic heterocycles. The summed E-state index contributed by atoms with van der Waals surface area (Å²) in [7, 11) is 0. The number of pyridine rings is 1. The maximum Gasteiger partial charge on any atom is 0.269 e. The van der Waals surface area contributed by atoms with Crippen LogP contribution in [0.15, 0.2) is 36.4 Å². The van der Waals surface area contributed by atoms with E-state index in [2.05, 4.69) is 10.3 Å². The van der Waals surface area contributed by atoms with Crippen molar-refractivity contribution in [2.75, 3.05) is 22.5 Å². The number of rotatable bonds is 3. The van der Waals surface area contributed by atoms with E-state index in [0.717, 1.165) is 5.56 Å². The molecular weight excluding hydrogens is 308 g/mol. The molecule has 0 spiro atoms. The second-order valence-electron chi connectivity index (χ2n) is 5.66. The van der Waals surface area contributed by atoms with Crippen molar-refractivity contribution in [3.63, 3.8) is 0 Å². The number of aromatic nitrogens is 1. The molecule has 7 heteroatoms. The van der Waals surface area contributed by atoms with Gasteiger partial charge in [0.1, 0.15) is 12.4 Å². The minimum absolute atomic E-state index is 0.163. The fourth-order valence-corrected chi connectivity index (χ4v) is 2.43. The number of hydrogen-bond acceptors (Lipinski definition) is 5. The van der Waals surface area contributed by atoms with E-state index in [1.807, 2.05) is 19.1 Å². The summed E-state index contributed by atoms with van der Waals surface area (Å²) in [5.41, 5.74) is 7.45. The van der Waals surface area contributed by atoms with E-state index in [9.17, 15) is 9.59 Å². The number of amides is 2. The van der Waals surface area contributed by atoms with Gasteiger partial charge >= 0.3 is 0 Å². The number of benzene rings is 1. The number of nitrogens with two attached hydrogens (primary N) is 1. The van der Waals surface area contributed by atoms with Gasteiger partial charge in [0, 0.05) is 5.69 Å². The third-order valence-electron chi connectivity index (χ3n) is 3.67. The lowest BCUT2D eigenvalue weighted by Gasteiger charge is -2.31. The van der Waals surface area contributed by atoms with Gasteiger partial charge in [-0.2, -0.15) is 0 Å². The molecule has 1 aromatic carbocycles. The number of nitrogens with zero attached hydrogens (tertiary/aromatic N) is 2. The van der Waals surface area contributed by atoms with Crippen LogP contribution in [0.5, 0.6) is 5.75 Å². The Balaban J connectivity index is 1.80. The Labute approximate surface area is 139 Å². The molecule has 0 radical (unpaired) electrons. The molecule has 2 amide bonds. The topological polar surface area (TPSA) is 97.5 Å². The highest BCUT2D eigenvalue weighted by atomic mass is 16.5. The summed E-state index contributed by atoms with van der Waals surface area (Å²) in [5, 5.41) is 2.76. The Hall–Kier alpha value is -3.09. The van der Waals surface area contributed by atoms with Gasteiger partial charge in [0.05, 0.1) is 0 Å². The van der Waals surface area contributed by atoms with Crippen LogP contribution in [-0.4, -0.2) is 29.4 Å². The second kappa shape index (κ2) is 6.19. The van der Waals surface area contributed by atoms with Gasteiger partial charge in [0.15, 0.2) is 17.7 Å². The molecule has 1 aliphatic rings. The van der Waals surface area contributed by atoms with E-state index < -0.39 is 6.10 Å². The second-order valence-corrected chi connectivity index (χ2v) is 5.66. The number of nitrogens with one attached hydrogen (secondary N) is 1. The molecule has 0 aliphatic carbocycles. The maximum absolute atomic E-state index is 12.4. The zero-order valence-corrected chi connectivity index (χ0v) is 13.4. The predicted molar refractivity (Wildman–Crippen MR) is 90.9 cm³/mol. The lowest BCUT2D eigenvalue weighted by atomic mass is 10.2. The number of fused-ring (bicyclic) bond motifs is 1. The van der Waals surface area contributed by atoms with Crippen molar-refractivity contribution in [1.29, 1.82) is 0 Å².